The third kappa shape index (κ3) is 3.82. The summed E-state index contributed by atoms with van der Waals surface area (Å²) < 4.78 is 27.5. The van der Waals surface area contributed by atoms with Crippen molar-refractivity contribution in [2.75, 3.05) is 18.3 Å². The highest BCUT2D eigenvalue weighted by atomic mass is 32.2. The minimum Gasteiger partial charge on any atom is -0.319 e. The van der Waals surface area contributed by atoms with Gasteiger partial charge in [-0.3, -0.25) is 4.72 Å². The normalized spacial score (nSPS) is 11.5. The number of nitrogens with one attached hydrogen (secondary N) is 2. The third-order valence-corrected chi connectivity index (χ3v) is 5.81. The summed E-state index contributed by atoms with van der Waals surface area (Å²) in [7, 11) is -1.61. The lowest BCUT2D eigenvalue weighted by Crippen LogP contribution is -2.11. The van der Waals surface area contributed by atoms with Crippen LogP contribution in [-0.2, 0) is 16.4 Å². The van der Waals surface area contributed by atoms with Crippen molar-refractivity contribution in [3.05, 3.63) is 46.8 Å². The summed E-state index contributed by atoms with van der Waals surface area (Å²) in [5.74, 6) is 0. The maximum absolute atomic E-state index is 12.3. The van der Waals surface area contributed by atoms with Crippen LogP contribution in [0.4, 0.5) is 5.69 Å². The second-order valence-electron chi connectivity index (χ2n) is 4.55. The molecule has 108 valence electrons. The van der Waals surface area contributed by atoms with Gasteiger partial charge in [-0.25, -0.2) is 8.42 Å². The van der Waals surface area contributed by atoms with Gasteiger partial charge in [-0.2, -0.15) is 0 Å². The molecule has 0 saturated heterocycles. The van der Waals surface area contributed by atoms with Gasteiger partial charge >= 0.3 is 0 Å². The number of hydrogen-bond donors (Lipinski definition) is 2. The maximum atomic E-state index is 12.3. The molecular weight excluding hydrogens is 292 g/mol. The van der Waals surface area contributed by atoms with Crippen molar-refractivity contribution in [1.29, 1.82) is 0 Å². The van der Waals surface area contributed by atoms with E-state index in [2.05, 4.69) is 10.0 Å². The van der Waals surface area contributed by atoms with Crippen LogP contribution in [0.15, 0.2) is 40.6 Å². The van der Waals surface area contributed by atoms with Crippen molar-refractivity contribution >= 4 is 27.0 Å². The van der Waals surface area contributed by atoms with Crippen LogP contribution in [0.25, 0.3) is 0 Å². The summed E-state index contributed by atoms with van der Waals surface area (Å²) in [6.45, 7) is 2.77. The van der Waals surface area contributed by atoms with Gasteiger partial charge in [0, 0.05) is 10.6 Å². The van der Waals surface area contributed by atoms with Crippen LogP contribution in [0.1, 0.15) is 10.4 Å². The van der Waals surface area contributed by atoms with Gasteiger partial charge in [0.05, 0.1) is 0 Å². The zero-order valence-electron chi connectivity index (χ0n) is 11.5. The van der Waals surface area contributed by atoms with Gasteiger partial charge in [0.2, 0.25) is 0 Å². The zero-order chi connectivity index (χ0) is 14.6. The molecule has 2 aromatic rings. The molecule has 1 aromatic carbocycles. The van der Waals surface area contributed by atoms with Gasteiger partial charge in [-0.15, -0.1) is 11.3 Å². The van der Waals surface area contributed by atoms with E-state index in [-0.39, 0.29) is 0 Å². The Hall–Kier alpha value is -1.37. The molecule has 0 aliphatic heterocycles. The Morgan fingerprint density at radius 1 is 1.20 bits per heavy atom. The highest BCUT2D eigenvalue weighted by Gasteiger charge is 2.16. The monoisotopic (exact) mass is 310 g/mol. The first-order valence-electron chi connectivity index (χ1n) is 6.34. The van der Waals surface area contributed by atoms with E-state index >= 15 is 0 Å². The summed E-state index contributed by atoms with van der Waals surface area (Å²) in [4.78, 5) is 1.06. The van der Waals surface area contributed by atoms with E-state index in [1.165, 1.54) is 11.3 Å². The van der Waals surface area contributed by atoms with Crippen molar-refractivity contribution in [1.82, 2.24) is 5.32 Å². The molecule has 0 spiro atoms. The fourth-order valence-corrected chi connectivity index (χ4v) is 4.20. The number of benzene rings is 1. The van der Waals surface area contributed by atoms with Crippen molar-refractivity contribution in [3.63, 3.8) is 0 Å². The summed E-state index contributed by atoms with van der Waals surface area (Å²) in [5.41, 5.74) is 1.61. The van der Waals surface area contributed by atoms with Crippen LogP contribution >= 0.6 is 11.3 Å². The molecule has 0 fully saturated rings. The van der Waals surface area contributed by atoms with E-state index in [1.807, 2.05) is 38.2 Å². The molecule has 6 heteroatoms. The largest absolute Gasteiger partial charge is 0.319 e. The Labute approximate surface area is 123 Å². The number of anilines is 1. The number of thiophene rings is 1. The highest BCUT2D eigenvalue weighted by molar-refractivity contribution is 7.94. The summed E-state index contributed by atoms with van der Waals surface area (Å²) in [6, 6.07) is 10.9. The molecular formula is C14H18N2O2S2. The number of hydrogen-bond acceptors (Lipinski definition) is 4. The molecule has 0 bridgehead atoms. The van der Waals surface area contributed by atoms with Gasteiger partial charge in [0.25, 0.3) is 10.0 Å². The molecule has 0 aliphatic rings. The Balaban J connectivity index is 2.16. The Bertz CT molecular complexity index is 678. The first-order valence-corrected chi connectivity index (χ1v) is 8.64. The van der Waals surface area contributed by atoms with Crippen LogP contribution in [-0.4, -0.2) is 22.0 Å². The topological polar surface area (TPSA) is 58.2 Å². The SMILES string of the molecule is CNCCc1ccc(S(=O)(=O)Nc2cccc(C)c2)s1. The predicted molar refractivity (Wildman–Crippen MR) is 83.9 cm³/mol. The van der Waals surface area contributed by atoms with E-state index in [4.69, 9.17) is 0 Å². The molecule has 1 heterocycles. The Kier molecular flexibility index (Phi) is 4.80. The van der Waals surface area contributed by atoms with E-state index < -0.39 is 10.0 Å². The molecule has 2 rings (SSSR count). The minimum atomic E-state index is -3.49. The molecule has 0 saturated carbocycles. The zero-order valence-corrected chi connectivity index (χ0v) is 13.1. The first-order chi connectivity index (χ1) is 9.51. The summed E-state index contributed by atoms with van der Waals surface area (Å²) >= 11 is 1.31. The van der Waals surface area contributed by atoms with Crippen LogP contribution in [0, 0.1) is 6.92 Å². The van der Waals surface area contributed by atoms with E-state index in [0.717, 1.165) is 23.4 Å². The maximum Gasteiger partial charge on any atom is 0.271 e. The second-order valence-corrected chi connectivity index (χ2v) is 7.63. The Morgan fingerprint density at radius 2 is 2.00 bits per heavy atom. The first kappa shape index (κ1) is 15.0. The molecule has 0 radical (unpaired) electrons. The standard InChI is InChI=1S/C14H18N2O2S2/c1-11-4-3-5-12(10-11)16-20(17,18)14-7-6-13(19-14)8-9-15-2/h3-7,10,15-16H,8-9H2,1-2H3. The van der Waals surface area contributed by atoms with Crippen LogP contribution in [0.5, 0.6) is 0 Å². The molecule has 4 nitrogen and oxygen atoms in total. The lowest BCUT2D eigenvalue weighted by molar-refractivity contribution is 0.603. The molecule has 0 aliphatic carbocycles. The summed E-state index contributed by atoms with van der Waals surface area (Å²) in [5, 5.41) is 3.05. The van der Waals surface area contributed by atoms with Crippen LogP contribution in [0.3, 0.4) is 0 Å². The fourth-order valence-electron chi connectivity index (χ4n) is 1.80. The van der Waals surface area contributed by atoms with Gasteiger partial charge in [-0.1, -0.05) is 12.1 Å². The quantitative estimate of drug-likeness (QED) is 0.862. The number of rotatable bonds is 6. The van der Waals surface area contributed by atoms with Crippen LogP contribution < -0.4 is 10.0 Å². The molecule has 1 aromatic heterocycles. The molecule has 0 amide bonds. The van der Waals surface area contributed by atoms with Gasteiger partial charge < -0.3 is 5.32 Å². The molecule has 0 unspecified atom stereocenters. The smallest absolute Gasteiger partial charge is 0.271 e. The molecule has 0 atom stereocenters. The van der Waals surface area contributed by atoms with Crippen molar-refractivity contribution in [2.24, 2.45) is 0 Å². The number of likely N-dealkylation sites (N-methyl/N-ethyl adjacent to an activating group) is 1. The average Bonchev–Trinajstić information content (AvgIpc) is 2.85. The van der Waals surface area contributed by atoms with Gasteiger partial charge in [-0.05, 0) is 56.8 Å². The lowest BCUT2D eigenvalue weighted by Gasteiger charge is -2.06. The predicted octanol–water partition coefficient (Wildman–Crippen LogP) is 2.62. The average molecular weight is 310 g/mol. The second kappa shape index (κ2) is 6.39. The minimum absolute atomic E-state index is 0.352. The van der Waals surface area contributed by atoms with E-state index in [0.29, 0.717) is 9.90 Å². The van der Waals surface area contributed by atoms with Crippen LogP contribution in [0.2, 0.25) is 0 Å². The van der Waals surface area contributed by atoms with E-state index in [9.17, 15) is 8.42 Å². The molecule has 2 N–H and O–H groups in total. The van der Waals surface area contributed by atoms with Gasteiger partial charge in [0.1, 0.15) is 4.21 Å². The fraction of sp³-hybridized carbons (Fsp3) is 0.286. The molecule has 20 heavy (non-hydrogen) atoms. The lowest BCUT2D eigenvalue weighted by atomic mass is 10.2. The van der Waals surface area contributed by atoms with Gasteiger partial charge in [0.15, 0.2) is 0 Å². The Morgan fingerprint density at radius 3 is 2.70 bits per heavy atom. The summed E-state index contributed by atoms with van der Waals surface area (Å²) in [6.07, 6.45) is 0.834. The highest BCUT2D eigenvalue weighted by Crippen LogP contribution is 2.24. The van der Waals surface area contributed by atoms with E-state index in [1.54, 1.807) is 12.1 Å². The number of sulfonamides is 1. The number of aryl methyl sites for hydroxylation is 1. The van der Waals surface area contributed by atoms with Crippen molar-refractivity contribution in [3.8, 4) is 0 Å². The van der Waals surface area contributed by atoms with Crippen molar-refractivity contribution < 1.29 is 8.42 Å². The third-order valence-electron chi connectivity index (χ3n) is 2.79. The van der Waals surface area contributed by atoms with Crippen molar-refractivity contribution in [2.45, 2.75) is 17.6 Å².